The van der Waals surface area contributed by atoms with E-state index in [4.69, 9.17) is 0 Å². The molecule has 3 aromatic heterocycles. The van der Waals surface area contributed by atoms with Gasteiger partial charge in [0.05, 0.1) is 17.6 Å². The summed E-state index contributed by atoms with van der Waals surface area (Å²) < 4.78 is 4.14. The Balaban J connectivity index is 1.45. The monoisotopic (exact) mass is 348 g/mol. The zero-order chi connectivity index (χ0) is 18.1. The van der Waals surface area contributed by atoms with Gasteiger partial charge in [0.15, 0.2) is 0 Å². The molecule has 26 heavy (non-hydrogen) atoms. The number of rotatable bonds is 4. The van der Waals surface area contributed by atoms with Gasteiger partial charge in [-0.2, -0.15) is 5.26 Å². The van der Waals surface area contributed by atoms with Crippen LogP contribution < -0.4 is 0 Å². The molecule has 0 aromatic carbocycles. The van der Waals surface area contributed by atoms with Gasteiger partial charge in [0, 0.05) is 69.6 Å². The zero-order valence-electron chi connectivity index (χ0n) is 15.3. The summed E-state index contributed by atoms with van der Waals surface area (Å²) in [5, 5.41) is 9.60. The maximum Gasteiger partial charge on any atom is 0.122 e. The number of piperazine rings is 1. The molecular weight excluding hydrogens is 324 g/mol. The normalized spacial score (nSPS) is 19.0. The summed E-state index contributed by atoms with van der Waals surface area (Å²) in [6.07, 6.45) is 7.96. The molecule has 0 amide bonds. The Labute approximate surface area is 153 Å². The van der Waals surface area contributed by atoms with Crippen molar-refractivity contribution in [1.82, 2.24) is 23.8 Å². The first-order valence-corrected chi connectivity index (χ1v) is 9.07. The van der Waals surface area contributed by atoms with Crippen molar-refractivity contribution in [2.75, 3.05) is 19.6 Å². The van der Waals surface area contributed by atoms with Gasteiger partial charge >= 0.3 is 0 Å². The van der Waals surface area contributed by atoms with Crippen LogP contribution in [0.5, 0.6) is 0 Å². The molecule has 0 N–H and O–H groups in total. The highest BCUT2D eigenvalue weighted by Gasteiger charge is 2.25. The van der Waals surface area contributed by atoms with Gasteiger partial charge in [-0.15, -0.1) is 0 Å². The van der Waals surface area contributed by atoms with E-state index >= 15 is 0 Å². The Hall–Kier alpha value is -2.62. The highest BCUT2D eigenvalue weighted by atomic mass is 15.3. The molecule has 6 nitrogen and oxygen atoms in total. The molecular formula is C20H24N6. The summed E-state index contributed by atoms with van der Waals surface area (Å²) in [5.74, 6) is 1.11. The summed E-state index contributed by atoms with van der Waals surface area (Å²) in [6.45, 7) is 7.01. The Bertz CT molecular complexity index is 947. The third kappa shape index (κ3) is 3.12. The predicted octanol–water partition coefficient (Wildman–Crippen LogP) is 2.25. The van der Waals surface area contributed by atoms with E-state index < -0.39 is 0 Å². The molecule has 0 spiro atoms. The highest BCUT2D eigenvalue weighted by Crippen LogP contribution is 2.21. The molecule has 1 saturated heterocycles. The Morgan fingerprint density at radius 2 is 2.12 bits per heavy atom. The number of nitrogens with zero attached hydrogens (tertiary/aromatic N) is 6. The molecule has 134 valence electrons. The molecule has 1 atom stereocenters. The fourth-order valence-electron chi connectivity index (χ4n) is 3.85. The standard InChI is InChI=1S/C20H24N6/c1-16-12-24(9-10-25(16)15-20-22-6-8-23(20)2)13-17-14-26-7-4-3-5-19(26)18(17)11-21/h3-8,14,16H,9-10,12-13,15H2,1-2H3/t16-/m1/s1. The smallest absolute Gasteiger partial charge is 0.122 e. The number of fused-ring (bicyclic) bond motifs is 1. The number of pyridine rings is 1. The van der Waals surface area contributed by atoms with Crippen LogP contribution >= 0.6 is 0 Å². The SMILES string of the molecule is C[C@@H]1CN(Cc2cn3ccccc3c2C#N)CCN1Cc1nccn1C. The lowest BCUT2D eigenvalue weighted by atomic mass is 10.1. The number of aromatic nitrogens is 3. The molecule has 3 aromatic rings. The van der Waals surface area contributed by atoms with Gasteiger partial charge in [-0.05, 0) is 19.1 Å². The average molecular weight is 348 g/mol. The summed E-state index contributed by atoms with van der Waals surface area (Å²) in [4.78, 5) is 9.39. The fourth-order valence-corrected chi connectivity index (χ4v) is 3.85. The zero-order valence-corrected chi connectivity index (χ0v) is 15.3. The number of hydrogen-bond donors (Lipinski definition) is 0. The van der Waals surface area contributed by atoms with Crippen LogP contribution in [0.15, 0.2) is 43.0 Å². The number of hydrogen-bond acceptors (Lipinski definition) is 4. The van der Waals surface area contributed by atoms with Crippen molar-refractivity contribution < 1.29 is 0 Å². The van der Waals surface area contributed by atoms with Crippen molar-refractivity contribution in [3.05, 3.63) is 59.9 Å². The molecule has 0 saturated carbocycles. The Morgan fingerprint density at radius 1 is 1.23 bits per heavy atom. The minimum atomic E-state index is 0.461. The van der Waals surface area contributed by atoms with Crippen LogP contribution in [-0.4, -0.2) is 49.4 Å². The minimum absolute atomic E-state index is 0.461. The topological polar surface area (TPSA) is 52.5 Å². The molecule has 1 fully saturated rings. The second kappa shape index (κ2) is 6.94. The number of nitriles is 1. The molecule has 0 aliphatic carbocycles. The van der Waals surface area contributed by atoms with Crippen LogP contribution in [-0.2, 0) is 20.1 Å². The maximum atomic E-state index is 9.60. The molecule has 4 rings (SSSR count). The van der Waals surface area contributed by atoms with E-state index in [2.05, 4.69) is 42.9 Å². The van der Waals surface area contributed by atoms with Crippen LogP contribution in [0, 0.1) is 11.3 Å². The molecule has 1 aliphatic rings. The quantitative estimate of drug-likeness (QED) is 0.726. The molecule has 0 radical (unpaired) electrons. The van der Waals surface area contributed by atoms with Gasteiger partial charge in [0.2, 0.25) is 0 Å². The fraction of sp³-hybridized carbons (Fsp3) is 0.400. The summed E-state index contributed by atoms with van der Waals surface area (Å²) in [6, 6.07) is 8.85. The first kappa shape index (κ1) is 16.8. The van der Waals surface area contributed by atoms with Crippen molar-refractivity contribution in [3.63, 3.8) is 0 Å². The lowest BCUT2D eigenvalue weighted by Crippen LogP contribution is -2.51. The van der Waals surface area contributed by atoms with E-state index in [1.807, 2.05) is 43.8 Å². The second-order valence-electron chi connectivity index (χ2n) is 7.14. The van der Waals surface area contributed by atoms with E-state index in [0.29, 0.717) is 6.04 Å². The molecule has 6 heteroatoms. The molecule has 0 unspecified atom stereocenters. The molecule has 1 aliphatic heterocycles. The van der Waals surface area contributed by atoms with Crippen LogP contribution in [0.3, 0.4) is 0 Å². The molecule has 0 bridgehead atoms. The Morgan fingerprint density at radius 3 is 2.85 bits per heavy atom. The summed E-state index contributed by atoms with van der Waals surface area (Å²) in [7, 11) is 2.05. The van der Waals surface area contributed by atoms with Crippen LogP contribution in [0.2, 0.25) is 0 Å². The molecule has 4 heterocycles. The van der Waals surface area contributed by atoms with Crippen molar-refractivity contribution in [2.24, 2.45) is 7.05 Å². The average Bonchev–Trinajstić information content (AvgIpc) is 3.20. The van der Waals surface area contributed by atoms with Gasteiger partial charge in [-0.3, -0.25) is 9.80 Å². The highest BCUT2D eigenvalue weighted by molar-refractivity contribution is 5.65. The second-order valence-corrected chi connectivity index (χ2v) is 7.14. The third-order valence-corrected chi connectivity index (χ3v) is 5.38. The third-order valence-electron chi connectivity index (χ3n) is 5.38. The van der Waals surface area contributed by atoms with Crippen molar-refractivity contribution in [2.45, 2.75) is 26.1 Å². The van der Waals surface area contributed by atoms with Gasteiger partial charge in [-0.25, -0.2) is 4.98 Å². The number of aryl methyl sites for hydroxylation is 1. The van der Waals surface area contributed by atoms with Gasteiger partial charge < -0.3 is 8.97 Å². The first-order chi connectivity index (χ1) is 12.7. The minimum Gasteiger partial charge on any atom is -0.337 e. The van der Waals surface area contributed by atoms with E-state index in [0.717, 1.165) is 55.2 Å². The lowest BCUT2D eigenvalue weighted by Gasteiger charge is -2.39. The Kier molecular flexibility index (Phi) is 4.49. The van der Waals surface area contributed by atoms with E-state index in [1.54, 1.807) is 0 Å². The number of imidazole rings is 1. The van der Waals surface area contributed by atoms with Crippen molar-refractivity contribution in [1.29, 1.82) is 5.26 Å². The summed E-state index contributed by atoms with van der Waals surface area (Å²) in [5.41, 5.74) is 2.91. The van der Waals surface area contributed by atoms with E-state index in [1.165, 1.54) is 0 Å². The van der Waals surface area contributed by atoms with Gasteiger partial charge in [-0.1, -0.05) is 6.07 Å². The van der Waals surface area contributed by atoms with E-state index in [-0.39, 0.29) is 0 Å². The largest absolute Gasteiger partial charge is 0.337 e. The van der Waals surface area contributed by atoms with Crippen LogP contribution in [0.25, 0.3) is 5.52 Å². The van der Waals surface area contributed by atoms with Crippen LogP contribution in [0.4, 0.5) is 0 Å². The van der Waals surface area contributed by atoms with Gasteiger partial charge in [0.25, 0.3) is 0 Å². The van der Waals surface area contributed by atoms with Crippen molar-refractivity contribution in [3.8, 4) is 6.07 Å². The lowest BCUT2D eigenvalue weighted by molar-refractivity contribution is 0.0707. The summed E-state index contributed by atoms with van der Waals surface area (Å²) >= 11 is 0. The first-order valence-electron chi connectivity index (χ1n) is 9.07. The maximum absolute atomic E-state index is 9.60. The van der Waals surface area contributed by atoms with Crippen molar-refractivity contribution >= 4 is 5.52 Å². The van der Waals surface area contributed by atoms with Gasteiger partial charge in [0.1, 0.15) is 11.9 Å². The van der Waals surface area contributed by atoms with E-state index in [9.17, 15) is 5.26 Å². The predicted molar refractivity (Wildman–Crippen MR) is 100 cm³/mol. The van der Waals surface area contributed by atoms with Crippen LogP contribution in [0.1, 0.15) is 23.9 Å².